The summed E-state index contributed by atoms with van der Waals surface area (Å²) in [4.78, 5) is 0. The molecule has 3 saturated carbocycles. The van der Waals surface area contributed by atoms with E-state index in [1.807, 2.05) is 27.7 Å². The van der Waals surface area contributed by atoms with E-state index in [2.05, 4.69) is 13.8 Å². The summed E-state index contributed by atoms with van der Waals surface area (Å²) in [7, 11) is -3.82. The third kappa shape index (κ3) is 3.12. The molecule has 7 fully saturated rings. The molecule has 1 N–H and O–H groups in total. The lowest BCUT2D eigenvalue weighted by Gasteiger charge is -2.54. The predicted octanol–water partition coefficient (Wildman–Crippen LogP) is 1.58. The highest BCUT2D eigenvalue weighted by Gasteiger charge is 2.92. The number of ether oxygens (including phenoxy) is 6. The van der Waals surface area contributed by atoms with E-state index in [1.54, 1.807) is 0 Å². The van der Waals surface area contributed by atoms with Crippen molar-refractivity contribution in [1.29, 1.82) is 0 Å². The SMILES string of the molecule is CC1(C)OC[C@@H]2[C@@H](O1)[C@H]1O[C@H]1[C@@]1(C)[C@@H](OS(C)(=O)=O)[C@H]3CC(C)(C)[C@]4(O[C@@H]4CC4(C)OCCO4)[C@@]3(O)[C@@H]21. The molecule has 4 saturated heterocycles. The van der Waals surface area contributed by atoms with E-state index in [0.29, 0.717) is 32.7 Å². The van der Waals surface area contributed by atoms with Gasteiger partial charge in [-0.1, -0.05) is 20.8 Å². The summed E-state index contributed by atoms with van der Waals surface area (Å²) in [6, 6.07) is 0. The van der Waals surface area contributed by atoms with Gasteiger partial charge in [0, 0.05) is 29.6 Å². The quantitative estimate of drug-likeness (QED) is 0.412. The molecule has 7 aliphatic rings. The van der Waals surface area contributed by atoms with Crippen LogP contribution in [0.25, 0.3) is 0 Å². The standard InChI is InChI=1S/C26H40O10S/c1-21(2)10-14-19(36-37(7,28)29)24(6)18(13-12-32-22(3,4)35-16(13)17-20(24)33-17)25(14,27)26(21)15(34-26)11-23(5)30-8-9-31-23/h13-20,27H,8-12H2,1-7H3/t13-,14-,15-,16-,17-,18+,19+,20-,24-,25+,26+/m1/s1. The van der Waals surface area contributed by atoms with Gasteiger partial charge in [-0.15, -0.1) is 0 Å². The summed E-state index contributed by atoms with van der Waals surface area (Å²) in [6.45, 7) is 13.3. The molecular formula is C26H40O10S. The van der Waals surface area contributed by atoms with E-state index >= 15 is 0 Å². The van der Waals surface area contributed by atoms with Gasteiger partial charge in [0.25, 0.3) is 10.1 Å². The molecule has 0 amide bonds. The number of epoxide rings is 2. The van der Waals surface area contributed by atoms with Crippen molar-refractivity contribution in [3.05, 3.63) is 0 Å². The Morgan fingerprint density at radius 2 is 1.65 bits per heavy atom. The summed E-state index contributed by atoms with van der Waals surface area (Å²) in [5.74, 6) is -2.68. The summed E-state index contributed by atoms with van der Waals surface area (Å²) in [5.41, 5.74) is -3.55. The van der Waals surface area contributed by atoms with Crippen LogP contribution in [0.15, 0.2) is 0 Å². The maximum atomic E-state index is 13.2. The predicted molar refractivity (Wildman–Crippen MR) is 128 cm³/mol. The molecule has 7 rings (SSSR count). The van der Waals surface area contributed by atoms with Gasteiger partial charge in [0.1, 0.15) is 17.3 Å². The van der Waals surface area contributed by atoms with Crippen LogP contribution < -0.4 is 0 Å². The minimum atomic E-state index is -3.82. The molecule has 11 atom stereocenters. The first kappa shape index (κ1) is 25.6. The molecule has 0 radical (unpaired) electrons. The molecule has 0 aromatic carbocycles. The van der Waals surface area contributed by atoms with Crippen LogP contribution in [0.5, 0.6) is 0 Å². The van der Waals surface area contributed by atoms with Crippen LogP contribution in [0.2, 0.25) is 0 Å². The molecule has 1 spiro atoms. The van der Waals surface area contributed by atoms with E-state index < -0.39 is 61.7 Å². The van der Waals surface area contributed by atoms with Crippen molar-refractivity contribution in [3.8, 4) is 0 Å². The Morgan fingerprint density at radius 1 is 0.973 bits per heavy atom. The maximum absolute atomic E-state index is 13.2. The van der Waals surface area contributed by atoms with E-state index in [-0.39, 0.29) is 30.3 Å². The normalized spacial score (nSPS) is 55.9. The molecular weight excluding hydrogens is 504 g/mol. The van der Waals surface area contributed by atoms with E-state index in [0.717, 1.165) is 6.26 Å². The second kappa shape index (κ2) is 7.09. The zero-order chi connectivity index (χ0) is 26.6. The van der Waals surface area contributed by atoms with E-state index in [1.165, 1.54) is 0 Å². The van der Waals surface area contributed by atoms with Gasteiger partial charge in [0.05, 0.1) is 50.5 Å². The average molecular weight is 545 g/mol. The number of rotatable bonds is 4. The fraction of sp³-hybridized carbons (Fsp3) is 1.00. The lowest BCUT2D eigenvalue weighted by Crippen LogP contribution is -2.66. The number of hydrogen-bond acceptors (Lipinski definition) is 10. The lowest BCUT2D eigenvalue weighted by atomic mass is 9.55. The summed E-state index contributed by atoms with van der Waals surface area (Å²) >= 11 is 0. The Hall–Kier alpha value is -0.370. The highest BCUT2D eigenvalue weighted by molar-refractivity contribution is 7.86. The highest BCUT2D eigenvalue weighted by atomic mass is 32.2. The van der Waals surface area contributed by atoms with Crippen LogP contribution in [0.1, 0.15) is 54.4 Å². The number of hydrogen-bond donors (Lipinski definition) is 1. The van der Waals surface area contributed by atoms with Gasteiger partial charge in [-0.2, -0.15) is 8.42 Å². The summed E-state index contributed by atoms with van der Waals surface area (Å²) < 4.78 is 68.4. The van der Waals surface area contributed by atoms with Crippen molar-refractivity contribution in [2.24, 2.45) is 28.6 Å². The van der Waals surface area contributed by atoms with E-state index in [9.17, 15) is 13.5 Å². The second-order valence-corrected chi connectivity index (χ2v) is 15.5. The van der Waals surface area contributed by atoms with E-state index in [4.69, 9.17) is 32.6 Å². The number of aliphatic hydroxyl groups is 1. The molecule has 3 aliphatic carbocycles. The third-order valence-electron chi connectivity index (χ3n) is 10.8. The average Bonchev–Trinajstić information content (AvgIpc) is 3.64. The molecule has 0 unspecified atom stereocenters. The van der Waals surface area contributed by atoms with Gasteiger partial charge >= 0.3 is 0 Å². The largest absolute Gasteiger partial charge is 0.386 e. The van der Waals surface area contributed by atoms with Crippen LogP contribution in [0.4, 0.5) is 0 Å². The minimum Gasteiger partial charge on any atom is -0.386 e. The van der Waals surface area contributed by atoms with Crippen LogP contribution in [0, 0.1) is 28.6 Å². The third-order valence-corrected chi connectivity index (χ3v) is 11.4. The van der Waals surface area contributed by atoms with Gasteiger partial charge in [-0.05, 0) is 32.6 Å². The maximum Gasteiger partial charge on any atom is 0.264 e. The van der Waals surface area contributed by atoms with Gasteiger partial charge in [0.15, 0.2) is 11.6 Å². The zero-order valence-electron chi connectivity index (χ0n) is 22.7. The Bertz CT molecular complexity index is 1120. The van der Waals surface area contributed by atoms with Crippen molar-refractivity contribution in [2.75, 3.05) is 26.1 Å². The lowest BCUT2D eigenvalue weighted by molar-refractivity contribution is -0.318. The Kier molecular flexibility index (Phi) is 4.90. The van der Waals surface area contributed by atoms with Crippen molar-refractivity contribution >= 4 is 10.1 Å². The molecule has 210 valence electrons. The van der Waals surface area contributed by atoms with Crippen LogP contribution >= 0.6 is 0 Å². The Balaban J connectivity index is 1.36. The zero-order valence-corrected chi connectivity index (χ0v) is 23.5. The van der Waals surface area contributed by atoms with Crippen molar-refractivity contribution in [3.63, 3.8) is 0 Å². The molecule has 37 heavy (non-hydrogen) atoms. The smallest absolute Gasteiger partial charge is 0.264 e. The van der Waals surface area contributed by atoms with Gasteiger partial charge < -0.3 is 33.5 Å². The fourth-order valence-corrected chi connectivity index (χ4v) is 10.4. The summed E-state index contributed by atoms with van der Waals surface area (Å²) in [6.07, 6.45) is 0.270. The topological polar surface area (TPSA) is 126 Å². The molecule has 11 heteroatoms. The monoisotopic (exact) mass is 544 g/mol. The highest BCUT2D eigenvalue weighted by Crippen LogP contribution is 2.80. The molecule has 10 nitrogen and oxygen atoms in total. The fourth-order valence-electron chi connectivity index (χ4n) is 9.69. The van der Waals surface area contributed by atoms with Crippen LogP contribution in [-0.4, -0.2) is 92.9 Å². The molecule has 0 aromatic heterocycles. The molecule has 0 aromatic rings. The van der Waals surface area contributed by atoms with Gasteiger partial charge in [-0.3, -0.25) is 4.18 Å². The van der Waals surface area contributed by atoms with Crippen molar-refractivity contribution in [2.45, 2.75) is 108 Å². The first-order valence-electron chi connectivity index (χ1n) is 13.5. The van der Waals surface area contributed by atoms with Crippen molar-refractivity contribution < 1.29 is 46.1 Å². The summed E-state index contributed by atoms with van der Waals surface area (Å²) in [5, 5.41) is 13.2. The van der Waals surface area contributed by atoms with Crippen LogP contribution in [0.3, 0.4) is 0 Å². The molecule has 0 bridgehead atoms. The van der Waals surface area contributed by atoms with Gasteiger partial charge in [-0.25, -0.2) is 0 Å². The Labute approximate surface area is 218 Å². The minimum absolute atomic E-state index is 0.193. The second-order valence-electron chi connectivity index (χ2n) is 13.9. The number of fused-ring (bicyclic) bond motifs is 9. The first-order valence-corrected chi connectivity index (χ1v) is 15.3. The van der Waals surface area contributed by atoms with Gasteiger partial charge in [0.2, 0.25) is 0 Å². The van der Waals surface area contributed by atoms with Crippen molar-refractivity contribution in [1.82, 2.24) is 0 Å². The first-order chi connectivity index (χ1) is 17.0. The Morgan fingerprint density at radius 3 is 2.30 bits per heavy atom. The molecule has 4 heterocycles. The van der Waals surface area contributed by atoms with Crippen LogP contribution in [-0.2, 0) is 42.7 Å². The molecule has 4 aliphatic heterocycles.